The summed E-state index contributed by atoms with van der Waals surface area (Å²) in [6.07, 6.45) is 9.80. The van der Waals surface area contributed by atoms with Crippen LogP contribution in [0.1, 0.15) is 44.2 Å². The number of aryl methyl sites for hydroxylation is 2. The van der Waals surface area contributed by atoms with E-state index < -0.39 is 6.67 Å². The minimum Gasteiger partial charge on any atom is -0.351 e. The predicted octanol–water partition coefficient (Wildman–Crippen LogP) is 4.95. The SMILES string of the molecule is Cc1cc(Nc2nc(N[C@@H]3C[C@H]4CCC[C@@H](C3)N4CCC#N)nc3cc(-c4cnn(CCF)c4)ccc23)n[nH]1. The Labute approximate surface area is 226 Å². The Morgan fingerprint density at radius 3 is 2.72 bits per heavy atom. The van der Waals surface area contributed by atoms with Crippen molar-refractivity contribution in [2.45, 2.75) is 70.1 Å². The van der Waals surface area contributed by atoms with Gasteiger partial charge in [0.15, 0.2) is 5.82 Å². The highest BCUT2D eigenvalue weighted by molar-refractivity contribution is 5.94. The van der Waals surface area contributed by atoms with E-state index in [1.165, 1.54) is 19.3 Å². The number of fused-ring (bicyclic) bond motifs is 3. The highest BCUT2D eigenvalue weighted by atomic mass is 19.1. The maximum atomic E-state index is 12.8. The number of hydrogen-bond donors (Lipinski definition) is 3. The molecule has 2 saturated heterocycles. The number of piperidine rings is 2. The number of alkyl halides is 1. The van der Waals surface area contributed by atoms with Gasteiger partial charge in [0.1, 0.15) is 12.5 Å². The number of nitrogens with zero attached hydrogens (tertiary/aromatic N) is 7. The zero-order valence-electron chi connectivity index (χ0n) is 22.1. The summed E-state index contributed by atoms with van der Waals surface area (Å²) in [5.74, 6) is 1.95. The van der Waals surface area contributed by atoms with Crippen LogP contribution in [0.4, 0.5) is 22.0 Å². The zero-order chi connectivity index (χ0) is 26.8. The van der Waals surface area contributed by atoms with Crippen LogP contribution >= 0.6 is 0 Å². The molecule has 0 spiro atoms. The van der Waals surface area contributed by atoms with E-state index in [0.717, 1.165) is 47.1 Å². The van der Waals surface area contributed by atoms with Gasteiger partial charge in [-0.05, 0) is 50.3 Å². The first-order valence-corrected chi connectivity index (χ1v) is 13.7. The van der Waals surface area contributed by atoms with Gasteiger partial charge >= 0.3 is 0 Å². The lowest BCUT2D eigenvalue weighted by Crippen LogP contribution is -2.55. The minimum absolute atomic E-state index is 0.234. The number of anilines is 3. The monoisotopic (exact) mass is 528 g/mol. The van der Waals surface area contributed by atoms with E-state index in [4.69, 9.17) is 15.2 Å². The first-order valence-electron chi connectivity index (χ1n) is 13.7. The average molecular weight is 529 g/mol. The van der Waals surface area contributed by atoms with Crippen molar-refractivity contribution in [3.05, 3.63) is 42.4 Å². The number of H-pyrrole nitrogens is 1. The molecule has 202 valence electrons. The van der Waals surface area contributed by atoms with E-state index in [1.54, 1.807) is 10.9 Å². The van der Waals surface area contributed by atoms with Gasteiger partial charge in [-0.3, -0.25) is 14.7 Å². The fourth-order valence-corrected chi connectivity index (χ4v) is 6.12. The first kappa shape index (κ1) is 25.2. The quantitative estimate of drug-likeness (QED) is 0.279. The number of aromatic amines is 1. The van der Waals surface area contributed by atoms with Crippen molar-refractivity contribution in [1.82, 2.24) is 34.8 Å². The third kappa shape index (κ3) is 5.43. The third-order valence-electron chi connectivity index (χ3n) is 7.87. The van der Waals surface area contributed by atoms with Crippen LogP contribution in [0.3, 0.4) is 0 Å². The summed E-state index contributed by atoms with van der Waals surface area (Å²) in [4.78, 5) is 12.4. The molecule has 3 aromatic heterocycles. The summed E-state index contributed by atoms with van der Waals surface area (Å²) in [6.45, 7) is 2.59. The van der Waals surface area contributed by atoms with Gasteiger partial charge in [-0.1, -0.05) is 12.5 Å². The lowest BCUT2D eigenvalue weighted by Gasteiger charge is -2.48. The molecule has 2 aliphatic rings. The van der Waals surface area contributed by atoms with E-state index in [9.17, 15) is 4.39 Å². The average Bonchev–Trinajstić information content (AvgIpc) is 3.56. The van der Waals surface area contributed by atoms with Gasteiger partial charge in [-0.15, -0.1) is 0 Å². The van der Waals surface area contributed by atoms with Crippen molar-refractivity contribution in [3.8, 4) is 17.2 Å². The number of benzene rings is 1. The van der Waals surface area contributed by atoms with Crippen LogP contribution < -0.4 is 10.6 Å². The highest BCUT2D eigenvalue weighted by Gasteiger charge is 2.38. The van der Waals surface area contributed by atoms with Crippen molar-refractivity contribution >= 4 is 28.5 Å². The van der Waals surface area contributed by atoms with E-state index in [-0.39, 0.29) is 12.6 Å². The van der Waals surface area contributed by atoms with Crippen molar-refractivity contribution in [3.63, 3.8) is 0 Å². The molecule has 3 atom stereocenters. The number of nitrogens with one attached hydrogen (secondary N) is 3. The van der Waals surface area contributed by atoms with Gasteiger partial charge in [0, 0.05) is 60.0 Å². The van der Waals surface area contributed by atoms with Crippen LogP contribution in [-0.2, 0) is 6.54 Å². The minimum atomic E-state index is -0.457. The molecule has 0 amide bonds. The standard InChI is InChI=1S/C28H33FN10/c1-18-12-26(37-36-18)34-27-24-7-6-19(20-16-31-38(17-20)11-8-29)13-25(24)33-28(35-27)32-21-14-22-4-2-5-23(15-21)39(22)10-3-9-30/h6-7,12-13,16-17,21-23H,2-5,8,10-11,14-15H2,1H3,(H3,32,33,34,35,36,37)/t21-,22-,23+. The van der Waals surface area contributed by atoms with Crippen LogP contribution in [0.2, 0.25) is 0 Å². The van der Waals surface area contributed by atoms with Crippen LogP contribution in [0, 0.1) is 18.3 Å². The molecule has 10 nitrogen and oxygen atoms in total. The Balaban J connectivity index is 1.31. The van der Waals surface area contributed by atoms with E-state index in [1.807, 2.05) is 37.4 Å². The predicted molar refractivity (Wildman–Crippen MR) is 148 cm³/mol. The number of nitriles is 1. The number of aromatic nitrogens is 6. The second-order valence-corrected chi connectivity index (χ2v) is 10.6. The zero-order valence-corrected chi connectivity index (χ0v) is 22.1. The lowest BCUT2D eigenvalue weighted by molar-refractivity contribution is 0.0369. The molecule has 2 aliphatic heterocycles. The highest BCUT2D eigenvalue weighted by Crippen LogP contribution is 2.36. The van der Waals surface area contributed by atoms with Crippen molar-refractivity contribution in [2.24, 2.45) is 0 Å². The molecule has 6 rings (SSSR count). The summed E-state index contributed by atoms with van der Waals surface area (Å²) in [5.41, 5.74) is 3.62. The largest absolute Gasteiger partial charge is 0.351 e. The molecule has 2 fully saturated rings. The summed E-state index contributed by atoms with van der Waals surface area (Å²) >= 11 is 0. The van der Waals surface area contributed by atoms with Gasteiger partial charge in [-0.2, -0.15) is 20.4 Å². The topological polar surface area (TPSA) is 123 Å². The van der Waals surface area contributed by atoms with E-state index in [2.05, 4.69) is 36.9 Å². The lowest BCUT2D eigenvalue weighted by atomic mass is 9.81. The molecule has 4 aromatic rings. The Hall–Kier alpha value is -4.04. The molecule has 0 radical (unpaired) electrons. The van der Waals surface area contributed by atoms with Crippen molar-refractivity contribution in [1.29, 1.82) is 5.26 Å². The van der Waals surface area contributed by atoms with Gasteiger partial charge in [0.25, 0.3) is 0 Å². The molecule has 3 N–H and O–H groups in total. The maximum Gasteiger partial charge on any atom is 0.225 e. The molecular weight excluding hydrogens is 495 g/mol. The first-order chi connectivity index (χ1) is 19.1. The molecule has 1 aromatic carbocycles. The fourth-order valence-electron chi connectivity index (χ4n) is 6.12. The number of hydrogen-bond acceptors (Lipinski definition) is 8. The molecule has 0 saturated carbocycles. The van der Waals surface area contributed by atoms with Crippen LogP contribution in [0.25, 0.3) is 22.0 Å². The van der Waals surface area contributed by atoms with E-state index >= 15 is 0 Å². The molecule has 5 heterocycles. The Kier molecular flexibility index (Phi) is 7.11. The second-order valence-electron chi connectivity index (χ2n) is 10.6. The molecular formula is C28H33FN10. The van der Waals surface area contributed by atoms with Crippen LogP contribution in [0.15, 0.2) is 36.7 Å². The summed E-state index contributed by atoms with van der Waals surface area (Å²) in [6, 6.07) is 11.5. The van der Waals surface area contributed by atoms with Crippen molar-refractivity contribution < 1.29 is 4.39 Å². The smallest absolute Gasteiger partial charge is 0.225 e. The second kappa shape index (κ2) is 11.0. The van der Waals surface area contributed by atoms with Crippen LogP contribution in [-0.4, -0.2) is 66.2 Å². The van der Waals surface area contributed by atoms with Gasteiger partial charge < -0.3 is 10.6 Å². The Bertz CT molecular complexity index is 1470. The Morgan fingerprint density at radius 1 is 1.13 bits per heavy atom. The molecule has 11 heteroatoms. The van der Waals surface area contributed by atoms with Crippen molar-refractivity contribution in [2.75, 3.05) is 23.9 Å². The summed E-state index contributed by atoms with van der Waals surface area (Å²) < 4.78 is 14.4. The molecule has 0 unspecified atom stereocenters. The number of rotatable bonds is 9. The van der Waals surface area contributed by atoms with Gasteiger partial charge in [-0.25, -0.2) is 9.37 Å². The normalized spacial score (nSPS) is 21.1. The van der Waals surface area contributed by atoms with Crippen LogP contribution in [0.5, 0.6) is 0 Å². The number of halogens is 1. The Morgan fingerprint density at radius 2 is 1.97 bits per heavy atom. The molecule has 2 bridgehead atoms. The molecule has 0 aliphatic carbocycles. The summed E-state index contributed by atoms with van der Waals surface area (Å²) in [5, 5.41) is 28.6. The molecule has 39 heavy (non-hydrogen) atoms. The van der Waals surface area contributed by atoms with Gasteiger partial charge in [0.2, 0.25) is 5.95 Å². The third-order valence-corrected chi connectivity index (χ3v) is 7.87. The van der Waals surface area contributed by atoms with E-state index in [0.29, 0.717) is 36.1 Å². The summed E-state index contributed by atoms with van der Waals surface area (Å²) in [7, 11) is 0. The van der Waals surface area contributed by atoms with Gasteiger partial charge in [0.05, 0.1) is 24.3 Å². The fraction of sp³-hybridized carbons (Fsp3) is 0.464. The maximum absolute atomic E-state index is 12.8.